The van der Waals surface area contributed by atoms with E-state index in [0.29, 0.717) is 0 Å². The molecular formula is C19H19NO. The molecule has 0 saturated heterocycles. The van der Waals surface area contributed by atoms with Gasteiger partial charge in [-0.05, 0) is 52.6 Å². The molecule has 1 atom stereocenters. The van der Waals surface area contributed by atoms with Crippen LogP contribution < -0.4 is 10.5 Å². The summed E-state index contributed by atoms with van der Waals surface area (Å²) in [6.07, 6.45) is 0. The van der Waals surface area contributed by atoms with Crippen LogP contribution in [0.25, 0.3) is 21.9 Å². The molecule has 21 heavy (non-hydrogen) atoms. The number of fused-ring (bicyclic) bond motifs is 1. The summed E-state index contributed by atoms with van der Waals surface area (Å²) >= 11 is 0. The summed E-state index contributed by atoms with van der Waals surface area (Å²) < 4.78 is 5.27. The van der Waals surface area contributed by atoms with Crippen molar-refractivity contribution in [2.75, 3.05) is 7.11 Å². The van der Waals surface area contributed by atoms with E-state index in [1.807, 2.05) is 19.1 Å². The summed E-state index contributed by atoms with van der Waals surface area (Å²) in [5.41, 5.74) is 9.65. The van der Waals surface area contributed by atoms with Gasteiger partial charge in [0.2, 0.25) is 0 Å². The molecule has 2 nitrogen and oxygen atoms in total. The van der Waals surface area contributed by atoms with Crippen molar-refractivity contribution in [3.63, 3.8) is 0 Å². The van der Waals surface area contributed by atoms with Crippen LogP contribution in [0.3, 0.4) is 0 Å². The maximum atomic E-state index is 6.09. The zero-order chi connectivity index (χ0) is 14.8. The number of nitrogens with two attached hydrogens (primary N) is 1. The van der Waals surface area contributed by atoms with E-state index in [2.05, 4.69) is 48.5 Å². The van der Waals surface area contributed by atoms with Gasteiger partial charge in [0, 0.05) is 6.04 Å². The van der Waals surface area contributed by atoms with Crippen molar-refractivity contribution in [2.45, 2.75) is 13.0 Å². The van der Waals surface area contributed by atoms with Crippen molar-refractivity contribution in [2.24, 2.45) is 5.73 Å². The first kappa shape index (κ1) is 13.7. The van der Waals surface area contributed by atoms with Crippen LogP contribution in [0, 0.1) is 0 Å². The van der Waals surface area contributed by atoms with Crippen molar-refractivity contribution in [3.05, 3.63) is 66.2 Å². The Morgan fingerprint density at radius 1 is 0.905 bits per heavy atom. The molecule has 3 rings (SSSR count). The second-order valence-electron chi connectivity index (χ2n) is 5.30. The smallest absolute Gasteiger partial charge is 0.119 e. The molecule has 0 radical (unpaired) electrons. The van der Waals surface area contributed by atoms with Crippen molar-refractivity contribution in [1.29, 1.82) is 0 Å². The molecule has 0 amide bonds. The number of benzene rings is 3. The second-order valence-corrected chi connectivity index (χ2v) is 5.30. The highest BCUT2D eigenvalue weighted by Gasteiger charge is 2.08. The predicted molar refractivity (Wildman–Crippen MR) is 88.5 cm³/mol. The average Bonchev–Trinajstić information content (AvgIpc) is 2.53. The Balaban J connectivity index is 2.14. The zero-order valence-corrected chi connectivity index (χ0v) is 12.3. The minimum Gasteiger partial charge on any atom is -0.497 e. The summed E-state index contributed by atoms with van der Waals surface area (Å²) in [6, 6.07) is 20.9. The van der Waals surface area contributed by atoms with Crippen LogP contribution in [0.4, 0.5) is 0 Å². The van der Waals surface area contributed by atoms with E-state index in [1.165, 1.54) is 27.5 Å². The monoisotopic (exact) mass is 277 g/mol. The molecule has 0 bridgehead atoms. The van der Waals surface area contributed by atoms with Crippen LogP contribution in [0.1, 0.15) is 18.5 Å². The fourth-order valence-corrected chi connectivity index (χ4v) is 2.68. The van der Waals surface area contributed by atoms with E-state index in [1.54, 1.807) is 7.11 Å². The summed E-state index contributed by atoms with van der Waals surface area (Å²) in [5.74, 6) is 0.881. The average molecular weight is 277 g/mol. The summed E-state index contributed by atoms with van der Waals surface area (Å²) in [6.45, 7) is 2.02. The highest BCUT2D eigenvalue weighted by Crippen LogP contribution is 2.30. The lowest BCUT2D eigenvalue weighted by molar-refractivity contribution is 0.415. The Labute approximate surface area is 125 Å². The first-order chi connectivity index (χ1) is 10.2. The molecule has 2 heteroatoms. The standard InChI is InChI=1S/C19H19NO/c1-13(20)18-5-3-4-6-19(18)16-8-7-15-12-17(21-2)10-9-14(15)11-16/h3-13H,20H2,1-2H3. The molecule has 0 aliphatic carbocycles. The molecule has 2 N–H and O–H groups in total. The molecule has 106 valence electrons. The van der Waals surface area contributed by atoms with E-state index in [-0.39, 0.29) is 6.04 Å². The lowest BCUT2D eigenvalue weighted by Gasteiger charge is -2.13. The van der Waals surface area contributed by atoms with Crippen LogP contribution in [-0.4, -0.2) is 7.11 Å². The number of rotatable bonds is 3. The van der Waals surface area contributed by atoms with Gasteiger partial charge in [-0.15, -0.1) is 0 Å². The Morgan fingerprint density at radius 2 is 1.62 bits per heavy atom. The van der Waals surface area contributed by atoms with Gasteiger partial charge in [-0.1, -0.05) is 42.5 Å². The second kappa shape index (κ2) is 5.58. The first-order valence-corrected chi connectivity index (χ1v) is 7.12. The van der Waals surface area contributed by atoms with Crippen LogP contribution in [0.2, 0.25) is 0 Å². The van der Waals surface area contributed by atoms with E-state index < -0.39 is 0 Å². The quantitative estimate of drug-likeness (QED) is 0.763. The molecule has 0 aliphatic heterocycles. The third-order valence-electron chi connectivity index (χ3n) is 3.81. The lowest BCUT2D eigenvalue weighted by atomic mass is 9.94. The third kappa shape index (κ3) is 2.63. The van der Waals surface area contributed by atoms with Gasteiger partial charge in [0.25, 0.3) is 0 Å². The van der Waals surface area contributed by atoms with E-state index in [4.69, 9.17) is 10.5 Å². The SMILES string of the molecule is COc1ccc2cc(-c3ccccc3C(C)N)ccc2c1. The molecule has 1 unspecified atom stereocenters. The van der Waals surface area contributed by atoms with Crippen molar-refractivity contribution in [1.82, 2.24) is 0 Å². The number of methoxy groups -OCH3 is 1. The summed E-state index contributed by atoms with van der Waals surface area (Å²) in [7, 11) is 1.69. The Morgan fingerprint density at radius 3 is 2.38 bits per heavy atom. The van der Waals surface area contributed by atoms with E-state index in [0.717, 1.165) is 5.75 Å². The van der Waals surface area contributed by atoms with Gasteiger partial charge in [-0.25, -0.2) is 0 Å². The van der Waals surface area contributed by atoms with Crippen LogP contribution in [0.5, 0.6) is 5.75 Å². The summed E-state index contributed by atoms with van der Waals surface area (Å²) in [5, 5.41) is 2.38. The Hall–Kier alpha value is -2.32. The molecule has 0 fully saturated rings. The minimum absolute atomic E-state index is 0.0211. The lowest BCUT2D eigenvalue weighted by Crippen LogP contribution is -2.06. The maximum Gasteiger partial charge on any atom is 0.119 e. The molecule has 0 aliphatic rings. The molecule has 0 spiro atoms. The van der Waals surface area contributed by atoms with Gasteiger partial charge in [0.15, 0.2) is 0 Å². The third-order valence-corrected chi connectivity index (χ3v) is 3.81. The van der Waals surface area contributed by atoms with E-state index in [9.17, 15) is 0 Å². The van der Waals surface area contributed by atoms with Gasteiger partial charge in [0.05, 0.1) is 7.11 Å². The summed E-state index contributed by atoms with van der Waals surface area (Å²) in [4.78, 5) is 0. The van der Waals surface area contributed by atoms with Crippen LogP contribution in [-0.2, 0) is 0 Å². The van der Waals surface area contributed by atoms with Gasteiger partial charge in [-0.3, -0.25) is 0 Å². The molecular weight excluding hydrogens is 258 g/mol. The maximum absolute atomic E-state index is 6.09. The Kier molecular flexibility index (Phi) is 3.63. The number of ether oxygens (including phenoxy) is 1. The topological polar surface area (TPSA) is 35.2 Å². The van der Waals surface area contributed by atoms with E-state index >= 15 is 0 Å². The highest BCUT2D eigenvalue weighted by molar-refractivity contribution is 5.88. The fourth-order valence-electron chi connectivity index (χ4n) is 2.68. The van der Waals surface area contributed by atoms with Gasteiger partial charge in [0.1, 0.15) is 5.75 Å². The van der Waals surface area contributed by atoms with Gasteiger partial charge < -0.3 is 10.5 Å². The molecule has 3 aromatic rings. The molecule has 0 heterocycles. The zero-order valence-electron chi connectivity index (χ0n) is 12.3. The predicted octanol–water partition coefficient (Wildman–Crippen LogP) is 4.54. The van der Waals surface area contributed by atoms with Crippen LogP contribution >= 0.6 is 0 Å². The number of hydrogen-bond donors (Lipinski definition) is 1. The molecule has 3 aromatic carbocycles. The fraction of sp³-hybridized carbons (Fsp3) is 0.158. The molecule has 0 saturated carbocycles. The highest BCUT2D eigenvalue weighted by atomic mass is 16.5. The normalized spacial score (nSPS) is 12.3. The molecule has 0 aromatic heterocycles. The van der Waals surface area contributed by atoms with Gasteiger partial charge in [-0.2, -0.15) is 0 Å². The van der Waals surface area contributed by atoms with Crippen molar-refractivity contribution >= 4 is 10.8 Å². The minimum atomic E-state index is 0.0211. The first-order valence-electron chi connectivity index (χ1n) is 7.12. The van der Waals surface area contributed by atoms with Crippen LogP contribution in [0.15, 0.2) is 60.7 Å². The van der Waals surface area contributed by atoms with Crippen molar-refractivity contribution in [3.8, 4) is 16.9 Å². The Bertz CT molecular complexity index is 777. The van der Waals surface area contributed by atoms with Crippen molar-refractivity contribution < 1.29 is 4.74 Å². The van der Waals surface area contributed by atoms with Gasteiger partial charge >= 0.3 is 0 Å². The largest absolute Gasteiger partial charge is 0.497 e. The number of hydrogen-bond acceptors (Lipinski definition) is 2.